The van der Waals surface area contributed by atoms with Crippen LogP contribution in [0.1, 0.15) is 0 Å². The largest absolute Gasteiger partial charge is 0.255 e. The number of rotatable bonds is 2. The molecule has 1 aromatic heterocycles. The van der Waals surface area contributed by atoms with E-state index in [0.29, 0.717) is 22.4 Å². The number of hydrogen-bond donors (Lipinski definition) is 0. The van der Waals surface area contributed by atoms with Crippen molar-refractivity contribution in [3.05, 3.63) is 76.0 Å². The Hall–Kier alpha value is -1.82. The van der Waals surface area contributed by atoms with E-state index < -0.39 is 0 Å². The molecule has 3 rings (SSSR count). The van der Waals surface area contributed by atoms with Crippen LogP contribution in [0.15, 0.2) is 60.8 Å². The summed E-state index contributed by atoms with van der Waals surface area (Å²) in [4.78, 5) is 4.28. The summed E-state index contributed by atoms with van der Waals surface area (Å²) in [5.41, 5.74) is 2.18. The molecule has 104 valence electrons. The number of pyridine rings is 1. The molecule has 21 heavy (non-hydrogen) atoms. The van der Waals surface area contributed by atoms with E-state index in [0.717, 1.165) is 3.57 Å². The van der Waals surface area contributed by atoms with Crippen LogP contribution in [0.3, 0.4) is 0 Å². The minimum absolute atomic E-state index is 0.296. The van der Waals surface area contributed by atoms with Crippen molar-refractivity contribution in [2.24, 2.45) is 0 Å². The van der Waals surface area contributed by atoms with Gasteiger partial charge < -0.3 is 0 Å². The van der Waals surface area contributed by atoms with E-state index in [4.69, 9.17) is 0 Å². The molecule has 3 aromatic rings. The molecular formula is C17H10F2IN. The molecule has 0 spiro atoms. The van der Waals surface area contributed by atoms with E-state index >= 15 is 0 Å². The quantitative estimate of drug-likeness (QED) is 0.539. The number of halogens is 3. The van der Waals surface area contributed by atoms with Crippen molar-refractivity contribution in [3.8, 4) is 22.4 Å². The average molecular weight is 393 g/mol. The van der Waals surface area contributed by atoms with E-state index in [-0.39, 0.29) is 11.6 Å². The molecule has 1 nitrogen and oxygen atoms in total. The van der Waals surface area contributed by atoms with E-state index in [1.807, 2.05) is 0 Å². The molecule has 0 saturated carbocycles. The lowest BCUT2D eigenvalue weighted by Gasteiger charge is -2.08. The molecule has 0 aliphatic carbocycles. The first-order chi connectivity index (χ1) is 10.2. The van der Waals surface area contributed by atoms with Crippen molar-refractivity contribution >= 4 is 22.6 Å². The van der Waals surface area contributed by atoms with Gasteiger partial charge in [0.1, 0.15) is 11.6 Å². The van der Waals surface area contributed by atoms with Crippen LogP contribution in [-0.2, 0) is 0 Å². The SMILES string of the molecule is Fc1ccccc1-c1cc(I)c(-c2ccccc2F)cn1. The van der Waals surface area contributed by atoms with Gasteiger partial charge in [0.2, 0.25) is 0 Å². The Morgan fingerprint density at radius 1 is 0.762 bits per heavy atom. The van der Waals surface area contributed by atoms with Crippen LogP contribution >= 0.6 is 22.6 Å². The first kappa shape index (κ1) is 14.1. The topological polar surface area (TPSA) is 12.9 Å². The monoisotopic (exact) mass is 393 g/mol. The summed E-state index contributed by atoms with van der Waals surface area (Å²) in [6, 6.07) is 14.8. The standard InChI is InChI=1S/C17H10F2IN/c18-14-7-3-1-5-11(14)13-10-21-17(9-16(13)20)12-6-2-4-8-15(12)19/h1-10H. The molecule has 0 bridgehead atoms. The van der Waals surface area contributed by atoms with Crippen LogP contribution in [0.25, 0.3) is 22.4 Å². The predicted octanol–water partition coefficient (Wildman–Crippen LogP) is 5.30. The van der Waals surface area contributed by atoms with Crippen LogP contribution in [-0.4, -0.2) is 4.98 Å². The summed E-state index contributed by atoms with van der Waals surface area (Å²) in [7, 11) is 0. The Morgan fingerprint density at radius 3 is 1.90 bits per heavy atom. The highest BCUT2D eigenvalue weighted by Crippen LogP contribution is 2.30. The predicted molar refractivity (Wildman–Crippen MR) is 87.7 cm³/mol. The summed E-state index contributed by atoms with van der Waals surface area (Å²) < 4.78 is 28.5. The molecule has 0 radical (unpaired) electrons. The second-order valence-electron chi connectivity index (χ2n) is 4.51. The lowest BCUT2D eigenvalue weighted by Crippen LogP contribution is -1.93. The molecular weight excluding hydrogens is 383 g/mol. The van der Waals surface area contributed by atoms with Crippen molar-refractivity contribution < 1.29 is 8.78 Å². The molecule has 0 atom stereocenters. The average Bonchev–Trinajstić information content (AvgIpc) is 2.49. The molecule has 2 aromatic carbocycles. The van der Waals surface area contributed by atoms with Crippen LogP contribution in [0.5, 0.6) is 0 Å². The Kier molecular flexibility index (Phi) is 3.96. The van der Waals surface area contributed by atoms with Gasteiger partial charge in [0, 0.05) is 26.5 Å². The van der Waals surface area contributed by atoms with Gasteiger partial charge in [0.25, 0.3) is 0 Å². The maximum atomic E-state index is 13.9. The molecule has 0 fully saturated rings. The second-order valence-corrected chi connectivity index (χ2v) is 5.67. The van der Waals surface area contributed by atoms with Crippen molar-refractivity contribution in [3.63, 3.8) is 0 Å². The Morgan fingerprint density at radius 2 is 1.33 bits per heavy atom. The van der Waals surface area contributed by atoms with E-state index in [1.54, 1.807) is 48.7 Å². The fourth-order valence-corrected chi connectivity index (χ4v) is 2.85. The van der Waals surface area contributed by atoms with Gasteiger partial charge in [-0.2, -0.15) is 0 Å². The third-order valence-corrected chi connectivity index (χ3v) is 4.06. The van der Waals surface area contributed by atoms with Crippen molar-refractivity contribution in [1.82, 2.24) is 4.98 Å². The Balaban J connectivity index is 2.09. The number of nitrogens with zero attached hydrogens (tertiary/aromatic N) is 1. The van der Waals surface area contributed by atoms with Crippen LogP contribution in [0.4, 0.5) is 8.78 Å². The van der Waals surface area contributed by atoms with Gasteiger partial charge in [0.15, 0.2) is 0 Å². The minimum atomic E-state index is -0.320. The molecule has 4 heteroatoms. The third kappa shape index (κ3) is 2.81. The van der Waals surface area contributed by atoms with Gasteiger partial charge in [-0.15, -0.1) is 0 Å². The highest BCUT2D eigenvalue weighted by Gasteiger charge is 2.12. The summed E-state index contributed by atoms with van der Waals surface area (Å²) >= 11 is 2.12. The van der Waals surface area contributed by atoms with E-state index in [2.05, 4.69) is 27.6 Å². The summed E-state index contributed by atoms with van der Waals surface area (Å²) in [5.74, 6) is -0.615. The Bertz CT molecular complexity index is 802. The van der Waals surface area contributed by atoms with E-state index in [9.17, 15) is 8.78 Å². The maximum absolute atomic E-state index is 13.9. The third-order valence-electron chi connectivity index (χ3n) is 3.17. The zero-order chi connectivity index (χ0) is 14.8. The maximum Gasteiger partial charge on any atom is 0.132 e. The highest BCUT2D eigenvalue weighted by atomic mass is 127. The highest BCUT2D eigenvalue weighted by molar-refractivity contribution is 14.1. The van der Waals surface area contributed by atoms with Gasteiger partial charge in [-0.05, 0) is 46.9 Å². The second kappa shape index (κ2) is 5.89. The number of hydrogen-bond acceptors (Lipinski definition) is 1. The lowest BCUT2D eigenvalue weighted by atomic mass is 10.1. The molecule has 0 amide bonds. The number of benzene rings is 2. The summed E-state index contributed by atoms with van der Waals surface area (Å²) in [6.45, 7) is 0. The summed E-state index contributed by atoms with van der Waals surface area (Å²) in [5, 5.41) is 0. The minimum Gasteiger partial charge on any atom is -0.255 e. The van der Waals surface area contributed by atoms with Crippen LogP contribution < -0.4 is 0 Å². The van der Waals surface area contributed by atoms with Gasteiger partial charge in [-0.1, -0.05) is 30.3 Å². The van der Waals surface area contributed by atoms with E-state index in [1.165, 1.54) is 12.1 Å². The fraction of sp³-hybridized carbons (Fsp3) is 0. The molecule has 0 saturated heterocycles. The zero-order valence-electron chi connectivity index (χ0n) is 10.9. The first-order valence-electron chi connectivity index (χ1n) is 6.32. The molecule has 0 N–H and O–H groups in total. The lowest BCUT2D eigenvalue weighted by molar-refractivity contribution is 0.630. The van der Waals surface area contributed by atoms with Crippen molar-refractivity contribution in [2.45, 2.75) is 0 Å². The fourth-order valence-electron chi connectivity index (χ4n) is 2.12. The van der Waals surface area contributed by atoms with Gasteiger partial charge in [0.05, 0.1) is 5.69 Å². The normalized spacial score (nSPS) is 10.6. The van der Waals surface area contributed by atoms with Crippen LogP contribution in [0, 0.1) is 15.2 Å². The Labute approximate surface area is 134 Å². The van der Waals surface area contributed by atoms with Gasteiger partial charge in [-0.25, -0.2) is 8.78 Å². The summed E-state index contributed by atoms with van der Waals surface area (Å²) in [6.07, 6.45) is 1.59. The molecule has 0 aliphatic heterocycles. The smallest absolute Gasteiger partial charge is 0.132 e. The molecule has 1 heterocycles. The molecule has 0 aliphatic rings. The van der Waals surface area contributed by atoms with Gasteiger partial charge >= 0.3 is 0 Å². The van der Waals surface area contributed by atoms with Gasteiger partial charge in [-0.3, -0.25) is 4.98 Å². The van der Waals surface area contributed by atoms with Crippen LogP contribution in [0.2, 0.25) is 0 Å². The number of aromatic nitrogens is 1. The van der Waals surface area contributed by atoms with Crippen molar-refractivity contribution in [2.75, 3.05) is 0 Å². The first-order valence-corrected chi connectivity index (χ1v) is 7.40. The zero-order valence-corrected chi connectivity index (χ0v) is 13.0. The molecule has 0 unspecified atom stereocenters. The van der Waals surface area contributed by atoms with Crippen molar-refractivity contribution in [1.29, 1.82) is 0 Å².